The first-order valence-electron chi connectivity index (χ1n) is 9.32. The van der Waals surface area contributed by atoms with E-state index in [9.17, 15) is 4.79 Å². The van der Waals surface area contributed by atoms with E-state index in [1.54, 1.807) is 29.9 Å². The highest BCUT2D eigenvalue weighted by molar-refractivity contribution is 7.11. The summed E-state index contributed by atoms with van der Waals surface area (Å²) in [5, 5.41) is 6.15. The van der Waals surface area contributed by atoms with Crippen LogP contribution in [0.4, 0.5) is 0 Å². The zero-order valence-electron chi connectivity index (χ0n) is 16.4. The van der Waals surface area contributed by atoms with Gasteiger partial charge in [0.25, 0.3) is 0 Å². The molecule has 0 bridgehead atoms. The van der Waals surface area contributed by atoms with Crippen LogP contribution in [-0.2, 0) is 4.79 Å². The van der Waals surface area contributed by atoms with Gasteiger partial charge in [0.1, 0.15) is 17.2 Å². The van der Waals surface area contributed by atoms with E-state index < -0.39 is 0 Å². The molecule has 0 fully saturated rings. The summed E-state index contributed by atoms with van der Waals surface area (Å²) >= 11 is 7.79. The van der Waals surface area contributed by atoms with Gasteiger partial charge in [-0.2, -0.15) is 0 Å². The number of rotatable bonds is 6. The van der Waals surface area contributed by atoms with E-state index in [1.165, 1.54) is 18.3 Å². The number of nitrogens with one attached hydrogen (secondary N) is 1. The smallest absolute Gasteiger partial charge is 0.217 e. The summed E-state index contributed by atoms with van der Waals surface area (Å²) in [4.78, 5) is 15.3. The van der Waals surface area contributed by atoms with E-state index in [2.05, 4.69) is 16.4 Å². The van der Waals surface area contributed by atoms with E-state index in [4.69, 9.17) is 21.1 Å². The van der Waals surface area contributed by atoms with Crippen LogP contribution in [0.25, 0.3) is 10.8 Å². The van der Waals surface area contributed by atoms with Crippen LogP contribution in [0, 0.1) is 0 Å². The third-order valence-electron chi connectivity index (χ3n) is 4.51. The van der Waals surface area contributed by atoms with Gasteiger partial charge in [-0.3, -0.25) is 4.79 Å². The van der Waals surface area contributed by atoms with Crippen LogP contribution in [-0.4, -0.2) is 10.9 Å². The van der Waals surface area contributed by atoms with E-state index in [0.29, 0.717) is 27.3 Å². The quantitative estimate of drug-likeness (QED) is 0.362. The molecule has 152 valence electrons. The highest BCUT2D eigenvalue weighted by Crippen LogP contribution is 2.35. The van der Waals surface area contributed by atoms with Gasteiger partial charge >= 0.3 is 0 Å². The van der Waals surface area contributed by atoms with Crippen molar-refractivity contribution in [3.63, 3.8) is 0 Å². The number of fused-ring (bicyclic) bond motifs is 1. The molecule has 0 aliphatic carbocycles. The SMILES string of the molecule is CC(=O)NC(C)c1ccc2cc(Oc3ccc(Oc4cncs4)cc3Cl)ccc2c1. The fraction of sp³-hybridized carbons (Fsp3) is 0.130. The molecule has 4 rings (SSSR count). The predicted molar refractivity (Wildman–Crippen MR) is 120 cm³/mol. The molecule has 0 aliphatic heterocycles. The Labute approximate surface area is 183 Å². The minimum absolute atomic E-state index is 0.0488. The van der Waals surface area contributed by atoms with E-state index in [1.807, 2.05) is 37.3 Å². The Hall–Kier alpha value is -3.09. The highest BCUT2D eigenvalue weighted by Gasteiger charge is 2.10. The lowest BCUT2D eigenvalue weighted by Gasteiger charge is -2.14. The van der Waals surface area contributed by atoms with Crippen LogP contribution < -0.4 is 14.8 Å². The van der Waals surface area contributed by atoms with Gasteiger partial charge in [-0.1, -0.05) is 41.1 Å². The molecule has 1 N–H and O–H groups in total. The highest BCUT2D eigenvalue weighted by atomic mass is 35.5. The third kappa shape index (κ3) is 4.72. The molecule has 0 saturated heterocycles. The molecule has 7 heteroatoms. The number of halogens is 1. The molecule has 30 heavy (non-hydrogen) atoms. The van der Waals surface area contributed by atoms with Crippen molar-refractivity contribution in [2.75, 3.05) is 0 Å². The van der Waals surface area contributed by atoms with Crippen LogP contribution in [0.5, 0.6) is 22.3 Å². The van der Waals surface area contributed by atoms with Gasteiger partial charge in [-0.15, -0.1) is 0 Å². The zero-order chi connectivity index (χ0) is 21.1. The second-order valence-electron chi connectivity index (χ2n) is 6.81. The summed E-state index contributed by atoms with van der Waals surface area (Å²) in [6, 6.07) is 17.2. The number of nitrogens with zero attached hydrogens (tertiary/aromatic N) is 1. The maximum Gasteiger partial charge on any atom is 0.217 e. The summed E-state index contributed by atoms with van der Waals surface area (Å²) < 4.78 is 11.7. The molecular weight excluding hydrogens is 420 g/mol. The van der Waals surface area contributed by atoms with Crippen LogP contribution in [0.2, 0.25) is 5.02 Å². The Balaban J connectivity index is 1.51. The van der Waals surface area contributed by atoms with Gasteiger partial charge in [-0.05, 0) is 53.6 Å². The lowest BCUT2D eigenvalue weighted by Crippen LogP contribution is -2.23. The minimum Gasteiger partial charge on any atom is -0.456 e. The Morgan fingerprint density at radius 2 is 1.77 bits per heavy atom. The predicted octanol–water partition coefficient (Wildman–Crippen LogP) is 6.73. The van der Waals surface area contributed by atoms with Crippen molar-refractivity contribution in [2.45, 2.75) is 19.9 Å². The number of carbonyl (C=O) groups is 1. The largest absolute Gasteiger partial charge is 0.456 e. The molecule has 1 aromatic heterocycles. The van der Waals surface area contributed by atoms with Gasteiger partial charge < -0.3 is 14.8 Å². The average molecular weight is 439 g/mol. The molecule has 4 aromatic rings. The zero-order valence-corrected chi connectivity index (χ0v) is 18.0. The van der Waals surface area contributed by atoms with Crippen LogP contribution in [0.1, 0.15) is 25.5 Å². The number of ether oxygens (including phenoxy) is 2. The summed E-state index contributed by atoms with van der Waals surface area (Å²) in [5.41, 5.74) is 2.75. The van der Waals surface area contributed by atoms with Crippen molar-refractivity contribution in [2.24, 2.45) is 0 Å². The summed E-state index contributed by atoms with van der Waals surface area (Å²) in [6.45, 7) is 3.48. The number of carbonyl (C=O) groups excluding carboxylic acids is 1. The summed E-state index contributed by atoms with van der Waals surface area (Å²) in [7, 11) is 0. The third-order valence-corrected chi connectivity index (χ3v) is 5.46. The molecule has 1 amide bonds. The molecular formula is C23H19ClN2O3S. The van der Waals surface area contributed by atoms with Crippen molar-refractivity contribution in [1.29, 1.82) is 0 Å². The summed E-state index contributed by atoms with van der Waals surface area (Å²) in [5.74, 6) is 1.80. The van der Waals surface area contributed by atoms with Crippen molar-refractivity contribution < 1.29 is 14.3 Å². The normalized spacial score (nSPS) is 11.8. The molecule has 1 heterocycles. The lowest BCUT2D eigenvalue weighted by atomic mass is 10.0. The lowest BCUT2D eigenvalue weighted by molar-refractivity contribution is -0.119. The van der Waals surface area contributed by atoms with Gasteiger partial charge in [0.15, 0.2) is 0 Å². The van der Waals surface area contributed by atoms with Gasteiger partial charge in [-0.25, -0.2) is 4.98 Å². The molecule has 0 aliphatic rings. The fourth-order valence-electron chi connectivity index (χ4n) is 3.09. The van der Waals surface area contributed by atoms with Crippen LogP contribution in [0.3, 0.4) is 0 Å². The van der Waals surface area contributed by atoms with Crippen molar-refractivity contribution >= 4 is 39.6 Å². The Bertz CT molecular complexity index is 1190. The molecule has 1 unspecified atom stereocenters. The monoisotopic (exact) mass is 438 g/mol. The maximum absolute atomic E-state index is 11.3. The van der Waals surface area contributed by atoms with Crippen molar-refractivity contribution in [3.05, 3.63) is 76.9 Å². The van der Waals surface area contributed by atoms with E-state index >= 15 is 0 Å². The van der Waals surface area contributed by atoms with Crippen molar-refractivity contribution in [3.8, 4) is 22.3 Å². The van der Waals surface area contributed by atoms with Crippen LogP contribution >= 0.6 is 22.9 Å². The second kappa shape index (κ2) is 8.73. The number of benzene rings is 3. The first-order valence-corrected chi connectivity index (χ1v) is 10.6. The molecule has 0 radical (unpaired) electrons. The van der Waals surface area contributed by atoms with E-state index in [0.717, 1.165) is 16.3 Å². The molecule has 0 saturated carbocycles. The maximum atomic E-state index is 11.3. The molecule has 3 aromatic carbocycles. The standard InChI is InChI=1S/C23H19ClN2O3S/c1-14(26-15(2)27)16-3-4-18-10-19(6-5-17(18)9-16)28-22-8-7-20(11-21(22)24)29-23-12-25-13-30-23/h3-14H,1-2H3,(H,26,27). The molecule has 0 spiro atoms. The topological polar surface area (TPSA) is 60.5 Å². The molecule has 5 nitrogen and oxygen atoms in total. The molecule has 1 atom stereocenters. The number of aromatic nitrogens is 1. The number of amides is 1. The minimum atomic E-state index is -0.0494. The number of hydrogen-bond acceptors (Lipinski definition) is 5. The summed E-state index contributed by atoms with van der Waals surface area (Å²) in [6.07, 6.45) is 1.65. The van der Waals surface area contributed by atoms with Gasteiger partial charge in [0, 0.05) is 13.0 Å². The Morgan fingerprint density at radius 1 is 1.03 bits per heavy atom. The Morgan fingerprint density at radius 3 is 2.50 bits per heavy atom. The van der Waals surface area contributed by atoms with Crippen LogP contribution in [0.15, 0.2) is 66.3 Å². The fourth-order valence-corrected chi connectivity index (χ4v) is 3.79. The number of thiazole rings is 1. The van der Waals surface area contributed by atoms with Crippen molar-refractivity contribution in [1.82, 2.24) is 10.3 Å². The van der Waals surface area contributed by atoms with E-state index in [-0.39, 0.29) is 11.9 Å². The number of hydrogen-bond donors (Lipinski definition) is 1. The average Bonchev–Trinajstić information content (AvgIpc) is 3.22. The van der Waals surface area contributed by atoms with Gasteiger partial charge in [0.2, 0.25) is 11.0 Å². The van der Waals surface area contributed by atoms with Gasteiger partial charge in [0.05, 0.1) is 22.8 Å². The first-order chi connectivity index (χ1) is 14.5. The Kier molecular flexibility index (Phi) is 5.88. The first kappa shape index (κ1) is 20.2. The second-order valence-corrected chi connectivity index (χ2v) is 8.06.